The molecule has 1 nitrogen and oxygen atoms in total. The fourth-order valence-corrected chi connectivity index (χ4v) is 1.48. The highest BCUT2D eigenvalue weighted by molar-refractivity contribution is 4.78. The Morgan fingerprint density at radius 2 is 2.36 bits per heavy atom. The number of hydrogen-bond donors (Lipinski definition) is 0. The molecule has 0 aliphatic carbocycles. The summed E-state index contributed by atoms with van der Waals surface area (Å²) in [5.74, 6) is 0. The van der Waals surface area contributed by atoms with E-state index in [-0.39, 0.29) is 0 Å². The number of ether oxygens (including phenoxy) is 1. The van der Waals surface area contributed by atoms with Crippen molar-refractivity contribution in [2.75, 3.05) is 6.61 Å². The van der Waals surface area contributed by atoms with Crippen LogP contribution in [0.4, 0.5) is 0 Å². The van der Waals surface area contributed by atoms with Gasteiger partial charge in [0.2, 0.25) is 0 Å². The van der Waals surface area contributed by atoms with Gasteiger partial charge in [0.15, 0.2) is 0 Å². The Balaban J connectivity index is 2.04. The molecule has 0 saturated carbocycles. The van der Waals surface area contributed by atoms with Gasteiger partial charge in [-0.05, 0) is 39.0 Å². The molecule has 1 heteroatoms. The highest BCUT2D eigenvalue weighted by Crippen LogP contribution is 2.16. The van der Waals surface area contributed by atoms with Gasteiger partial charge in [0, 0.05) is 6.61 Å². The summed E-state index contributed by atoms with van der Waals surface area (Å²) >= 11 is 0. The normalized spacial score (nSPS) is 26.1. The van der Waals surface area contributed by atoms with Gasteiger partial charge in [-0.1, -0.05) is 12.2 Å². The van der Waals surface area contributed by atoms with Gasteiger partial charge in [0.05, 0.1) is 6.10 Å². The molecule has 0 radical (unpaired) electrons. The number of rotatable bonds is 3. The summed E-state index contributed by atoms with van der Waals surface area (Å²) in [5.41, 5.74) is 0. The first-order valence-corrected chi connectivity index (χ1v) is 4.66. The Bertz CT molecular complexity index is 112. The van der Waals surface area contributed by atoms with Crippen molar-refractivity contribution in [1.29, 1.82) is 0 Å². The summed E-state index contributed by atoms with van der Waals surface area (Å²) in [4.78, 5) is 0. The van der Waals surface area contributed by atoms with E-state index in [1.165, 1.54) is 32.1 Å². The van der Waals surface area contributed by atoms with Crippen LogP contribution in [0.3, 0.4) is 0 Å². The van der Waals surface area contributed by atoms with E-state index >= 15 is 0 Å². The zero-order valence-electron chi connectivity index (χ0n) is 7.38. The Labute approximate surface area is 69.4 Å². The molecule has 0 aromatic carbocycles. The van der Waals surface area contributed by atoms with Crippen molar-refractivity contribution < 1.29 is 4.74 Å². The molecule has 0 N–H and O–H groups in total. The molecule has 1 fully saturated rings. The second-order valence-electron chi connectivity index (χ2n) is 3.13. The molecule has 1 heterocycles. The summed E-state index contributed by atoms with van der Waals surface area (Å²) in [7, 11) is 0. The molecule has 1 atom stereocenters. The van der Waals surface area contributed by atoms with Crippen LogP contribution in [0.15, 0.2) is 12.2 Å². The van der Waals surface area contributed by atoms with E-state index in [1.54, 1.807) is 0 Å². The van der Waals surface area contributed by atoms with Gasteiger partial charge in [-0.2, -0.15) is 0 Å². The van der Waals surface area contributed by atoms with E-state index in [2.05, 4.69) is 19.1 Å². The third kappa shape index (κ3) is 3.57. The summed E-state index contributed by atoms with van der Waals surface area (Å²) in [5, 5.41) is 0. The van der Waals surface area contributed by atoms with E-state index in [9.17, 15) is 0 Å². The van der Waals surface area contributed by atoms with E-state index in [0.29, 0.717) is 6.10 Å². The van der Waals surface area contributed by atoms with E-state index in [4.69, 9.17) is 4.74 Å². The van der Waals surface area contributed by atoms with Crippen molar-refractivity contribution in [3.8, 4) is 0 Å². The van der Waals surface area contributed by atoms with Crippen molar-refractivity contribution in [3.63, 3.8) is 0 Å². The Kier molecular flexibility index (Phi) is 4.29. The van der Waals surface area contributed by atoms with Gasteiger partial charge < -0.3 is 4.74 Å². The largest absolute Gasteiger partial charge is 0.378 e. The summed E-state index contributed by atoms with van der Waals surface area (Å²) < 4.78 is 5.59. The topological polar surface area (TPSA) is 9.23 Å². The standard InChI is InChI=1S/C10H18O/c1-2-3-4-7-10-8-5-6-9-11-10/h2-3,10H,4-9H2,1H3. The van der Waals surface area contributed by atoms with Crippen LogP contribution in [-0.2, 0) is 4.74 Å². The lowest BCUT2D eigenvalue weighted by Gasteiger charge is -2.21. The van der Waals surface area contributed by atoms with Crippen molar-refractivity contribution >= 4 is 0 Å². The molecule has 1 aliphatic heterocycles. The lowest BCUT2D eigenvalue weighted by molar-refractivity contribution is 0.0119. The van der Waals surface area contributed by atoms with Gasteiger partial charge >= 0.3 is 0 Å². The zero-order valence-corrected chi connectivity index (χ0v) is 7.38. The average molecular weight is 154 g/mol. The molecule has 0 spiro atoms. The number of allylic oxidation sites excluding steroid dienone is 2. The SMILES string of the molecule is CC=CCCC1CCCCO1. The Hall–Kier alpha value is -0.300. The fourth-order valence-electron chi connectivity index (χ4n) is 1.48. The molecule has 1 saturated heterocycles. The predicted octanol–water partition coefficient (Wildman–Crippen LogP) is 2.91. The molecule has 0 bridgehead atoms. The zero-order chi connectivity index (χ0) is 7.94. The summed E-state index contributed by atoms with van der Waals surface area (Å²) in [6.45, 7) is 3.06. The van der Waals surface area contributed by atoms with Crippen LogP contribution < -0.4 is 0 Å². The molecular formula is C10H18O. The van der Waals surface area contributed by atoms with E-state index in [0.717, 1.165) is 6.61 Å². The van der Waals surface area contributed by atoms with E-state index < -0.39 is 0 Å². The van der Waals surface area contributed by atoms with Crippen molar-refractivity contribution in [2.45, 2.75) is 45.1 Å². The minimum absolute atomic E-state index is 0.556. The highest BCUT2D eigenvalue weighted by Gasteiger charge is 2.11. The highest BCUT2D eigenvalue weighted by atomic mass is 16.5. The van der Waals surface area contributed by atoms with Gasteiger partial charge in [-0.25, -0.2) is 0 Å². The molecule has 1 aliphatic rings. The van der Waals surface area contributed by atoms with Crippen molar-refractivity contribution in [3.05, 3.63) is 12.2 Å². The first-order valence-electron chi connectivity index (χ1n) is 4.66. The van der Waals surface area contributed by atoms with Crippen molar-refractivity contribution in [2.24, 2.45) is 0 Å². The molecule has 1 unspecified atom stereocenters. The fraction of sp³-hybridized carbons (Fsp3) is 0.800. The Morgan fingerprint density at radius 3 is 3.00 bits per heavy atom. The van der Waals surface area contributed by atoms with Gasteiger partial charge in [0.1, 0.15) is 0 Å². The molecule has 64 valence electrons. The van der Waals surface area contributed by atoms with E-state index in [1.807, 2.05) is 0 Å². The quantitative estimate of drug-likeness (QED) is 0.568. The second kappa shape index (κ2) is 5.36. The van der Waals surface area contributed by atoms with Crippen LogP contribution in [0.2, 0.25) is 0 Å². The molecule has 0 aromatic rings. The average Bonchev–Trinajstić information content (AvgIpc) is 2.07. The second-order valence-corrected chi connectivity index (χ2v) is 3.13. The molecule has 0 aromatic heterocycles. The van der Waals surface area contributed by atoms with Crippen molar-refractivity contribution in [1.82, 2.24) is 0 Å². The minimum atomic E-state index is 0.556. The first-order chi connectivity index (χ1) is 5.43. The Morgan fingerprint density at radius 1 is 1.45 bits per heavy atom. The maximum Gasteiger partial charge on any atom is 0.0578 e. The molecule has 1 rings (SSSR count). The summed E-state index contributed by atoms with van der Waals surface area (Å²) in [6, 6.07) is 0. The van der Waals surface area contributed by atoms with Crippen LogP contribution in [0.25, 0.3) is 0 Å². The predicted molar refractivity (Wildman–Crippen MR) is 47.6 cm³/mol. The molecule has 0 amide bonds. The van der Waals surface area contributed by atoms with Crippen LogP contribution in [-0.4, -0.2) is 12.7 Å². The minimum Gasteiger partial charge on any atom is -0.378 e. The molecule has 11 heavy (non-hydrogen) atoms. The first kappa shape index (κ1) is 8.79. The maximum absolute atomic E-state index is 5.59. The third-order valence-corrected chi connectivity index (χ3v) is 2.17. The van der Waals surface area contributed by atoms with Gasteiger partial charge in [-0.3, -0.25) is 0 Å². The lowest BCUT2D eigenvalue weighted by Crippen LogP contribution is -2.18. The van der Waals surface area contributed by atoms with Crippen LogP contribution in [0.5, 0.6) is 0 Å². The smallest absolute Gasteiger partial charge is 0.0578 e. The third-order valence-electron chi connectivity index (χ3n) is 2.17. The maximum atomic E-state index is 5.59. The van der Waals surface area contributed by atoms with Crippen LogP contribution in [0.1, 0.15) is 39.0 Å². The monoisotopic (exact) mass is 154 g/mol. The van der Waals surface area contributed by atoms with Crippen LogP contribution >= 0.6 is 0 Å². The molecular weight excluding hydrogens is 136 g/mol. The van der Waals surface area contributed by atoms with Gasteiger partial charge in [-0.15, -0.1) is 0 Å². The van der Waals surface area contributed by atoms with Crippen LogP contribution in [0, 0.1) is 0 Å². The van der Waals surface area contributed by atoms with Gasteiger partial charge in [0.25, 0.3) is 0 Å². The summed E-state index contributed by atoms with van der Waals surface area (Å²) in [6.07, 6.45) is 11.2. The lowest BCUT2D eigenvalue weighted by atomic mass is 10.0. The number of hydrogen-bond acceptors (Lipinski definition) is 1.